The number of rotatable bonds is 5. The Morgan fingerprint density at radius 2 is 2.40 bits per heavy atom. The number of hydrogen-bond acceptors (Lipinski definition) is 5. The van der Waals surface area contributed by atoms with Gasteiger partial charge in [-0.2, -0.15) is 0 Å². The minimum atomic E-state index is -0.293. The van der Waals surface area contributed by atoms with Crippen LogP contribution in [-0.4, -0.2) is 27.2 Å². The van der Waals surface area contributed by atoms with Gasteiger partial charge < -0.3 is 4.74 Å². The van der Waals surface area contributed by atoms with E-state index in [0.29, 0.717) is 12.5 Å². The topological polar surface area (TPSA) is 78.0 Å². The lowest BCUT2D eigenvalue weighted by Crippen LogP contribution is -2.51. The first-order chi connectivity index (χ1) is 9.54. The molecule has 6 nitrogen and oxygen atoms in total. The summed E-state index contributed by atoms with van der Waals surface area (Å²) in [6.07, 6.45) is 4.39. The van der Waals surface area contributed by atoms with Gasteiger partial charge in [0.25, 0.3) is 0 Å². The number of hydrogen-bond donors (Lipinski definition) is 2. The number of nitrogens with zero attached hydrogens (tertiary/aromatic N) is 3. The maximum Gasteiger partial charge on any atom is 0.153 e. The van der Waals surface area contributed by atoms with Crippen LogP contribution in [-0.2, 0) is 11.8 Å². The number of ether oxygens (including phenoxy) is 1. The van der Waals surface area contributed by atoms with Crippen LogP contribution in [0.15, 0.2) is 4.60 Å². The summed E-state index contributed by atoms with van der Waals surface area (Å²) in [5.74, 6) is 6.50. The molecule has 1 aromatic heterocycles. The molecule has 20 heavy (non-hydrogen) atoms. The van der Waals surface area contributed by atoms with Gasteiger partial charge in [-0.15, -0.1) is 5.10 Å². The zero-order valence-corrected chi connectivity index (χ0v) is 14.0. The van der Waals surface area contributed by atoms with Gasteiger partial charge in [0.1, 0.15) is 0 Å². The van der Waals surface area contributed by atoms with Gasteiger partial charge in [-0.05, 0) is 41.6 Å². The summed E-state index contributed by atoms with van der Waals surface area (Å²) < 4.78 is 8.68. The highest BCUT2D eigenvalue weighted by Gasteiger charge is 2.45. The van der Waals surface area contributed by atoms with Crippen LogP contribution in [0.3, 0.4) is 0 Å². The Balaban J connectivity index is 2.39. The fourth-order valence-corrected chi connectivity index (χ4v) is 3.99. The van der Waals surface area contributed by atoms with Crippen molar-refractivity contribution in [1.82, 2.24) is 20.4 Å². The van der Waals surface area contributed by atoms with Crippen molar-refractivity contribution in [3.63, 3.8) is 0 Å². The average molecular weight is 346 g/mol. The first kappa shape index (κ1) is 15.9. The summed E-state index contributed by atoms with van der Waals surface area (Å²) in [6, 6.07) is -0.125. The van der Waals surface area contributed by atoms with Crippen LogP contribution in [0.5, 0.6) is 0 Å². The summed E-state index contributed by atoms with van der Waals surface area (Å²) in [7, 11) is 1.88. The van der Waals surface area contributed by atoms with E-state index < -0.39 is 0 Å². The minimum Gasteiger partial charge on any atom is -0.373 e. The number of aromatic nitrogens is 3. The highest BCUT2D eigenvalue weighted by Crippen LogP contribution is 2.44. The van der Waals surface area contributed by atoms with Gasteiger partial charge >= 0.3 is 0 Å². The number of hydrazine groups is 1. The minimum absolute atomic E-state index is 0.125. The second-order valence-corrected chi connectivity index (χ2v) is 6.44. The lowest BCUT2D eigenvalue weighted by Gasteiger charge is -2.44. The van der Waals surface area contributed by atoms with Crippen molar-refractivity contribution in [1.29, 1.82) is 0 Å². The molecule has 0 amide bonds. The maximum atomic E-state index is 6.20. The average Bonchev–Trinajstić information content (AvgIpc) is 2.72. The molecule has 0 aliphatic heterocycles. The molecule has 3 N–H and O–H groups in total. The molecule has 0 radical (unpaired) electrons. The van der Waals surface area contributed by atoms with Crippen LogP contribution < -0.4 is 11.3 Å². The Labute approximate surface area is 128 Å². The monoisotopic (exact) mass is 345 g/mol. The van der Waals surface area contributed by atoms with Crippen LogP contribution in [0.2, 0.25) is 0 Å². The molecule has 0 saturated heterocycles. The molecule has 1 aliphatic carbocycles. The fourth-order valence-electron chi connectivity index (χ4n) is 3.43. The molecule has 7 heteroatoms. The van der Waals surface area contributed by atoms with Crippen molar-refractivity contribution in [2.75, 3.05) is 6.61 Å². The second-order valence-electron chi connectivity index (χ2n) is 5.69. The SMILES string of the molecule is CCOC1(C(NN)c2c(Br)nnn2C)CCCC(C)C1. The van der Waals surface area contributed by atoms with Crippen LogP contribution >= 0.6 is 15.9 Å². The second kappa shape index (κ2) is 6.51. The van der Waals surface area contributed by atoms with Crippen molar-refractivity contribution in [2.24, 2.45) is 18.8 Å². The number of nitrogens with one attached hydrogen (secondary N) is 1. The Morgan fingerprint density at radius 1 is 1.65 bits per heavy atom. The first-order valence-corrected chi connectivity index (χ1v) is 7.98. The third-order valence-corrected chi connectivity index (χ3v) is 4.78. The van der Waals surface area contributed by atoms with Gasteiger partial charge in [-0.3, -0.25) is 5.84 Å². The van der Waals surface area contributed by atoms with E-state index in [4.69, 9.17) is 10.6 Å². The number of halogens is 1. The third kappa shape index (κ3) is 2.90. The van der Waals surface area contributed by atoms with E-state index in [1.165, 1.54) is 6.42 Å². The summed E-state index contributed by atoms with van der Waals surface area (Å²) in [6.45, 7) is 4.98. The molecule has 0 spiro atoms. The van der Waals surface area contributed by atoms with E-state index >= 15 is 0 Å². The molecule has 1 aliphatic rings. The van der Waals surface area contributed by atoms with Gasteiger partial charge in [-0.25, -0.2) is 10.1 Å². The molecular weight excluding hydrogens is 322 g/mol. The van der Waals surface area contributed by atoms with Crippen LogP contribution in [0.1, 0.15) is 51.3 Å². The standard InChI is InChI=1S/C13H24BrN5O/c1-4-20-13(7-5-6-9(2)8-13)11(16-15)10-12(14)17-18-19(10)3/h9,11,16H,4-8,15H2,1-3H3. The quantitative estimate of drug-likeness (QED) is 0.630. The zero-order chi connectivity index (χ0) is 14.8. The van der Waals surface area contributed by atoms with Crippen molar-refractivity contribution >= 4 is 15.9 Å². The predicted molar refractivity (Wildman–Crippen MR) is 80.8 cm³/mol. The molecule has 1 aromatic rings. The number of nitrogens with two attached hydrogens (primary N) is 1. The zero-order valence-electron chi connectivity index (χ0n) is 12.4. The normalized spacial score (nSPS) is 28.6. The first-order valence-electron chi connectivity index (χ1n) is 7.19. The van der Waals surface area contributed by atoms with E-state index in [-0.39, 0.29) is 11.6 Å². The highest BCUT2D eigenvalue weighted by molar-refractivity contribution is 9.10. The van der Waals surface area contributed by atoms with Crippen LogP contribution in [0.25, 0.3) is 0 Å². The van der Waals surface area contributed by atoms with E-state index in [2.05, 4.69) is 38.6 Å². The van der Waals surface area contributed by atoms with E-state index in [1.54, 1.807) is 4.68 Å². The molecule has 1 heterocycles. The van der Waals surface area contributed by atoms with Crippen LogP contribution in [0.4, 0.5) is 0 Å². The molecule has 2 rings (SSSR count). The summed E-state index contributed by atoms with van der Waals surface area (Å²) in [5.41, 5.74) is 3.59. The van der Waals surface area contributed by atoms with Gasteiger partial charge in [0.2, 0.25) is 0 Å². The van der Waals surface area contributed by atoms with E-state index in [9.17, 15) is 0 Å². The van der Waals surface area contributed by atoms with Gasteiger partial charge in [0.15, 0.2) is 4.60 Å². The summed E-state index contributed by atoms with van der Waals surface area (Å²) in [4.78, 5) is 0. The Morgan fingerprint density at radius 3 is 2.90 bits per heavy atom. The molecule has 3 atom stereocenters. The highest BCUT2D eigenvalue weighted by atomic mass is 79.9. The van der Waals surface area contributed by atoms with Crippen molar-refractivity contribution in [2.45, 2.75) is 51.2 Å². The Kier molecular flexibility index (Phi) is 5.17. The molecule has 0 bridgehead atoms. The van der Waals surface area contributed by atoms with E-state index in [0.717, 1.165) is 29.6 Å². The smallest absolute Gasteiger partial charge is 0.153 e. The Bertz CT molecular complexity index is 428. The number of aryl methyl sites for hydroxylation is 1. The van der Waals surface area contributed by atoms with Crippen molar-refractivity contribution in [3.05, 3.63) is 10.3 Å². The van der Waals surface area contributed by atoms with Crippen molar-refractivity contribution in [3.8, 4) is 0 Å². The van der Waals surface area contributed by atoms with Crippen molar-refractivity contribution < 1.29 is 4.74 Å². The fraction of sp³-hybridized carbons (Fsp3) is 0.846. The molecule has 0 aromatic carbocycles. The molecular formula is C13H24BrN5O. The van der Waals surface area contributed by atoms with Gasteiger partial charge in [-0.1, -0.05) is 25.0 Å². The molecule has 1 saturated carbocycles. The third-order valence-electron chi connectivity index (χ3n) is 4.22. The summed E-state index contributed by atoms with van der Waals surface area (Å²) >= 11 is 3.47. The Hall–Kier alpha value is -0.500. The largest absolute Gasteiger partial charge is 0.373 e. The molecule has 1 fully saturated rings. The lowest BCUT2D eigenvalue weighted by atomic mass is 9.74. The predicted octanol–water partition coefficient (Wildman–Crippen LogP) is 2.07. The van der Waals surface area contributed by atoms with Gasteiger partial charge in [0.05, 0.1) is 17.3 Å². The maximum absolute atomic E-state index is 6.20. The molecule has 114 valence electrons. The van der Waals surface area contributed by atoms with Crippen LogP contribution in [0, 0.1) is 5.92 Å². The molecule has 3 unspecified atom stereocenters. The van der Waals surface area contributed by atoms with E-state index in [1.807, 2.05) is 14.0 Å². The van der Waals surface area contributed by atoms with Gasteiger partial charge in [0, 0.05) is 13.7 Å². The lowest BCUT2D eigenvalue weighted by molar-refractivity contribution is -0.103. The summed E-state index contributed by atoms with van der Waals surface area (Å²) in [5, 5.41) is 8.13.